The van der Waals surface area contributed by atoms with Crippen LogP contribution in [0.2, 0.25) is 0 Å². The van der Waals surface area contributed by atoms with Gasteiger partial charge >= 0.3 is 0 Å². The molecule has 5 heteroatoms. The molecule has 1 saturated heterocycles. The highest BCUT2D eigenvalue weighted by Gasteiger charge is 2.19. The molecular weight excluding hydrogens is 356 g/mol. The van der Waals surface area contributed by atoms with E-state index in [4.69, 9.17) is 5.41 Å². The molecule has 3 nitrogen and oxygen atoms in total. The van der Waals surface area contributed by atoms with Crippen LogP contribution in [0.4, 0.5) is 8.78 Å². The summed E-state index contributed by atoms with van der Waals surface area (Å²) in [6.45, 7) is 2.74. The highest BCUT2D eigenvalue weighted by molar-refractivity contribution is 6.29. The van der Waals surface area contributed by atoms with E-state index in [1.54, 1.807) is 31.3 Å². The van der Waals surface area contributed by atoms with Crippen molar-refractivity contribution in [2.45, 2.75) is 19.3 Å². The van der Waals surface area contributed by atoms with Crippen molar-refractivity contribution >= 4 is 17.5 Å². The van der Waals surface area contributed by atoms with Gasteiger partial charge in [0.15, 0.2) is 0 Å². The molecule has 3 rings (SSSR count). The standard InChI is InChI=1S/C23H25F2N3/c1-27-22(16-26)12-15-28-13-10-19(11-14-28)23(17-2-6-20(24)7-3-17)18-4-8-21(25)9-5-18/h2-9,16,26H,10-15H2,1H3/b26-16?,27-22-. The molecule has 1 heterocycles. The van der Waals surface area contributed by atoms with E-state index in [1.807, 2.05) is 0 Å². The number of likely N-dealkylation sites (tertiary alicyclic amines) is 1. The van der Waals surface area contributed by atoms with Crippen molar-refractivity contribution < 1.29 is 8.78 Å². The second kappa shape index (κ2) is 9.51. The smallest absolute Gasteiger partial charge is 0.123 e. The van der Waals surface area contributed by atoms with E-state index in [-0.39, 0.29) is 11.6 Å². The van der Waals surface area contributed by atoms with Gasteiger partial charge in [-0.15, -0.1) is 0 Å². The Bertz CT molecular complexity index is 810. The molecule has 0 aromatic heterocycles. The molecule has 2 aromatic rings. The minimum absolute atomic E-state index is 0.262. The minimum Gasteiger partial charge on any atom is -0.307 e. The van der Waals surface area contributed by atoms with Gasteiger partial charge in [0.25, 0.3) is 0 Å². The lowest BCUT2D eigenvalue weighted by Gasteiger charge is -2.30. The SMILES string of the molecule is C/N=C(\C=N)CCN1CCC(=C(c2ccc(F)cc2)c2ccc(F)cc2)CC1. The Morgan fingerprint density at radius 3 is 1.89 bits per heavy atom. The van der Waals surface area contributed by atoms with Gasteiger partial charge in [-0.1, -0.05) is 29.8 Å². The van der Waals surface area contributed by atoms with E-state index < -0.39 is 0 Å². The van der Waals surface area contributed by atoms with Crippen LogP contribution in [0.3, 0.4) is 0 Å². The second-order valence-corrected chi connectivity index (χ2v) is 6.94. The van der Waals surface area contributed by atoms with Gasteiger partial charge in [-0.05, 0) is 53.8 Å². The Balaban J connectivity index is 1.82. The summed E-state index contributed by atoms with van der Waals surface area (Å²) in [6.07, 6.45) is 3.92. The average Bonchev–Trinajstić information content (AvgIpc) is 2.73. The van der Waals surface area contributed by atoms with Crippen LogP contribution in [0.1, 0.15) is 30.4 Å². The summed E-state index contributed by atoms with van der Waals surface area (Å²) in [5.74, 6) is -0.525. The van der Waals surface area contributed by atoms with Crippen LogP contribution < -0.4 is 0 Å². The quantitative estimate of drug-likeness (QED) is 0.705. The third-order valence-corrected chi connectivity index (χ3v) is 5.22. The van der Waals surface area contributed by atoms with Gasteiger partial charge in [0.05, 0.1) is 5.71 Å². The topological polar surface area (TPSA) is 39.5 Å². The average molecular weight is 381 g/mol. The third kappa shape index (κ3) is 4.98. The maximum atomic E-state index is 13.4. The van der Waals surface area contributed by atoms with Crippen LogP contribution in [0.15, 0.2) is 59.1 Å². The Kier molecular flexibility index (Phi) is 6.82. The molecule has 28 heavy (non-hydrogen) atoms. The van der Waals surface area contributed by atoms with Crippen molar-refractivity contribution in [1.82, 2.24) is 4.90 Å². The monoisotopic (exact) mass is 381 g/mol. The fourth-order valence-electron chi connectivity index (χ4n) is 3.63. The Labute approximate surface area is 164 Å². The van der Waals surface area contributed by atoms with Crippen LogP contribution in [-0.4, -0.2) is 43.5 Å². The van der Waals surface area contributed by atoms with Crippen molar-refractivity contribution in [2.24, 2.45) is 4.99 Å². The molecule has 1 N–H and O–H groups in total. The first-order chi connectivity index (χ1) is 13.6. The van der Waals surface area contributed by atoms with Crippen molar-refractivity contribution in [1.29, 1.82) is 5.41 Å². The Morgan fingerprint density at radius 2 is 1.46 bits per heavy atom. The first-order valence-electron chi connectivity index (χ1n) is 9.53. The molecule has 0 bridgehead atoms. The fraction of sp³-hybridized carbons (Fsp3) is 0.304. The Hall–Kier alpha value is -2.66. The number of nitrogens with one attached hydrogen (secondary N) is 1. The summed E-state index contributed by atoms with van der Waals surface area (Å²) in [5.41, 5.74) is 5.11. The number of hydrogen-bond acceptors (Lipinski definition) is 3. The lowest BCUT2D eigenvalue weighted by molar-refractivity contribution is 0.264. The van der Waals surface area contributed by atoms with Crippen LogP contribution >= 0.6 is 0 Å². The zero-order valence-electron chi connectivity index (χ0n) is 16.1. The molecular formula is C23H25F2N3. The Morgan fingerprint density at radius 1 is 0.964 bits per heavy atom. The van der Waals surface area contributed by atoms with Gasteiger partial charge in [-0.2, -0.15) is 0 Å². The summed E-state index contributed by atoms with van der Waals surface area (Å²) in [7, 11) is 1.72. The van der Waals surface area contributed by atoms with Gasteiger partial charge in [0, 0.05) is 39.3 Å². The number of nitrogens with zero attached hydrogens (tertiary/aromatic N) is 2. The molecule has 0 spiro atoms. The van der Waals surface area contributed by atoms with Crippen molar-refractivity contribution in [2.75, 3.05) is 26.7 Å². The highest BCUT2D eigenvalue weighted by atomic mass is 19.1. The second-order valence-electron chi connectivity index (χ2n) is 6.94. The summed E-state index contributed by atoms with van der Waals surface area (Å²) in [4.78, 5) is 6.48. The molecule has 0 aliphatic carbocycles. The van der Waals surface area contributed by atoms with Gasteiger partial charge < -0.3 is 10.3 Å². The zero-order valence-corrected chi connectivity index (χ0v) is 16.1. The molecule has 2 aromatic carbocycles. The van der Waals surface area contributed by atoms with Gasteiger partial charge in [0.1, 0.15) is 11.6 Å². The molecule has 1 fully saturated rings. The van der Waals surface area contributed by atoms with Crippen LogP contribution in [0.25, 0.3) is 5.57 Å². The first kappa shape index (κ1) is 20.1. The van der Waals surface area contributed by atoms with E-state index in [2.05, 4.69) is 9.89 Å². The third-order valence-electron chi connectivity index (χ3n) is 5.22. The molecule has 146 valence electrons. The van der Waals surface area contributed by atoms with Crippen LogP contribution in [0.5, 0.6) is 0 Å². The molecule has 0 atom stereocenters. The van der Waals surface area contributed by atoms with E-state index in [9.17, 15) is 8.78 Å². The molecule has 0 amide bonds. The van der Waals surface area contributed by atoms with Gasteiger partial charge in [-0.3, -0.25) is 4.99 Å². The fourth-order valence-corrected chi connectivity index (χ4v) is 3.63. The molecule has 1 aliphatic rings. The lowest BCUT2D eigenvalue weighted by atomic mass is 9.88. The van der Waals surface area contributed by atoms with Crippen LogP contribution in [0, 0.1) is 17.0 Å². The van der Waals surface area contributed by atoms with Gasteiger partial charge in [0.2, 0.25) is 0 Å². The molecule has 0 unspecified atom stereocenters. The largest absolute Gasteiger partial charge is 0.307 e. The summed E-state index contributed by atoms with van der Waals surface area (Å²) in [6, 6.07) is 13.1. The van der Waals surface area contributed by atoms with Crippen molar-refractivity contribution in [3.63, 3.8) is 0 Å². The number of hydrogen-bond donors (Lipinski definition) is 1. The zero-order chi connectivity index (χ0) is 19.9. The van der Waals surface area contributed by atoms with Crippen molar-refractivity contribution in [3.8, 4) is 0 Å². The summed E-state index contributed by atoms with van der Waals surface area (Å²) in [5, 5.41) is 7.35. The maximum Gasteiger partial charge on any atom is 0.123 e. The minimum atomic E-state index is -0.262. The molecule has 1 aliphatic heterocycles. The number of benzene rings is 2. The number of halogens is 2. The predicted octanol–water partition coefficient (Wildman–Crippen LogP) is 4.97. The van der Waals surface area contributed by atoms with E-state index in [0.29, 0.717) is 0 Å². The van der Waals surface area contributed by atoms with E-state index >= 15 is 0 Å². The number of rotatable bonds is 6. The van der Waals surface area contributed by atoms with E-state index in [1.165, 1.54) is 36.1 Å². The predicted molar refractivity (Wildman–Crippen MR) is 111 cm³/mol. The normalized spacial score (nSPS) is 15.5. The number of piperidine rings is 1. The highest BCUT2D eigenvalue weighted by Crippen LogP contribution is 2.32. The molecule has 0 saturated carbocycles. The summed E-state index contributed by atoms with van der Waals surface area (Å²) < 4.78 is 26.8. The van der Waals surface area contributed by atoms with Gasteiger partial charge in [-0.25, -0.2) is 8.78 Å². The summed E-state index contributed by atoms with van der Waals surface area (Å²) >= 11 is 0. The molecule has 0 radical (unpaired) electrons. The lowest BCUT2D eigenvalue weighted by Crippen LogP contribution is -2.33. The number of aliphatic imine (C=N–C) groups is 1. The van der Waals surface area contributed by atoms with Crippen LogP contribution in [-0.2, 0) is 0 Å². The van der Waals surface area contributed by atoms with Crippen molar-refractivity contribution in [3.05, 3.63) is 76.9 Å². The van der Waals surface area contributed by atoms with E-state index in [0.717, 1.165) is 61.3 Å². The maximum absolute atomic E-state index is 13.4. The first-order valence-corrected chi connectivity index (χ1v) is 9.53.